The zero-order chi connectivity index (χ0) is 22.3. The minimum Gasteiger partial charge on any atom is -0.370 e. The first kappa shape index (κ1) is 22.0. The molecule has 0 amide bonds. The van der Waals surface area contributed by atoms with E-state index in [9.17, 15) is 13.7 Å². The van der Waals surface area contributed by atoms with Crippen LogP contribution in [0.15, 0.2) is 53.4 Å². The van der Waals surface area contributed by atoms with Crippen molar-refractivity contribution in [2.75, 3.05) is 13.2 Å². The van der Waals surface area contributed by atoms with Crippen LogP contribution in [0, 0.1) is 23.7 Å². The summed E-state index contributed by atoms with van der Waals surface area (Å²) in [7, 11) is -3.78. The molecule has 2 heterocycles. The van der Waals surface area contributed by atoms with Gasteiger partial charge in [0.2, 0.25) is 0 Å². The van der Waals surface area contributed by atoms with E-state index >= 15 is 0 Å². The molecule has 0 spiro atoms. The fourth-order valence-electron chi connectivity index (χ4n) is 4.55. The molecule has 2 aliphatic heterocycles. The Hall–Kier alpha value is -2.20. The molecule has 2 saturated heterocycles. The Balaban J connectivity index is 1.43. The van der Waals surface area contributed by atoms with E-state index < -0.39 is 15.5 Å². The third kappa shape index (κ3) is 4.15. The van der Waals surface area contributed by atoms with Gasteiger partial charge in [0.05, 0.1) is 35.2 Å². The molecule has 2 bridgehead atoms. The second-order valence-corrected chi connectivity index (χ2v) is 11.2. The van der Waals surface area contributed by atoms with E-state index in [1.165, 1.54) is 0 Å². The van der Waals surface area contributed by atoms with E-state index in [0.29, 0.717) is 6.61 Å². The molecule has 164 valence electrons. The van der Waals surface area contributed by atoms with Crippen LogP contribution in [0.1, 0.15) is 56.2 Å². The number of nitriles is 1. The third-order valence-electron chi connectivity index (χ3n) is 7.02. The second-order valence-electron chi connectivity index (χ2n) is 9.63. The fourth-order valence-corrected chi connectivity index (χ4v) is 5.56. The molecule has 2 aromatic rings. The van der Waals surface area contributed by atoms with E-state index in [1.54, 1.807) is 24.3 Å². The summed E-state index contributed by atoms with van der Waals surface area (Å²) < 4.78 is 37.0. The molecule has 6 heteroatoms. The molecule has 3 aliphatic rings. The van der Waals surface area contributed by atoms with Crippen molar-refractivity contribution < 1.29 is 17.3 Å². The van der Waals surface area contributed by atoms with Gasteiger partial charge in [0.25, 0.3) is 10.1 Å². The van der Waals surface area contributed by atoms with Crippen LogP contribution in [-0.2, 0) is 30.1 Å². The molecular weight excluding hydrogens is 410 g/mol. The van der Waals surface area contributed by atoms with Gasteiger partial charge in [-0.05, 0) is 69.7 Å². The van der Waals surface area contributed by atoms with Gasteiger partial charge in [-0.25, -0.2) is 0 Å². The van der Waals surface area contributed by atoms with Gasteiger partial charge in [-0.2, -0.15) is 13.7 Å². The van der Waals surface area contributed by atoms with E-state index in [2.05, 4.69) is 18.2 Å². The van der Waals surface area contributed by atoms with Gasteiger partial charge in [-0.3, -0.25) is 4.18 Å². The Morgan fingerprint density at radius 2 is 1.65 bits per heavy atom. The summed E-state index contributed by atoms with van der Waals surface area (Å²) >= 11 is 0. The topological polar surface area (TPSA) is 76.4 Å². The van der Waals surface area contributed by atoms with Crippen molar-refractivity contribution in [1.82, 2.24) is 0 Å². The standard InChI is InChI=1S/C25H29NO4S/c1-19-4-10-22(11-5-19)31(27,28)30-18-24-12-14-25(15-13-24,29-17-24)21-8-6-20(7-9-21)23(2,3)16-26/h4-11H,12-15,17-18H2,1-3H3. The molecular formula is C25H29NO4S. The summed E-state index contributed by atoms with van der Waals surface area (Å²) in [5, 5.41) is 9.36. The maximum absolute atomic E-state index is 12.6. The summed E-state index contributed by atoms with van der Waals surface area (Å²) in [5.74, 6) is 0. The summed E-state index contributed by atoms with van der Waals surface area (Å²) in [6.45, 7) is 6.38. The molecule has 0 N–H and O–H groups in total. The molecule has 3 fully saturated rings. The van der Waals surface area contributed by atoms with Gasteiger partial charge in [-0.1, -0.05) is 42.0 Å². The molecule has 1 saturated carbocycles. The average molecular weight is 440 g/mol. The van der Waals surface area contributed by atoms with Crippen LogP contribution in [0.3, 0.4) is 0 Å². The lowest BCUT2D eigenvalue weighted by Crippen LogP contribution is -2.51. The zero-order valence-electron chi connectivity index (χ0n) is 18.3. The SMILES string of the molecule is Cc1ccc(S(=O)(=O)OCC23CCC(c4ccc(C(C)(C)C#N)cc4)(CC2)OC3)cc1. The Kier molecular flexibility index (Phi) is 5.49. The van der Waals surface area contributed by atoms with Gasteiger partial charge < -0.3 is 4.74 Å². The van der Waals surface area contributed by atoms with E-state index in [-0.39, 0.29) is 22.5 Å². The van der Waals surface area contributed by atoms with Crippen LogP contribution in [0.5, 0.6) is 0 Å². The van der Waals surface area contributed by atoms with E-state index in [0.717, 1.165) is 42.4 Å². The van der Waals surface area contributed by atoms with Gasteiger partial charge in [0, 0.05) is 5.41 Å². The zero-order valence-corrected chi connectivity index (χ0v) is 19.2. The molecule has 5 rings (SSSR count). The Morgan fingerprint density at radius 3 is 2.16 bits per heavy atom. The molecule has 31 heavy (non-hydrogen) atoms. The minimum atomic E-state index is -3.78. The number of ether oxygens (including phenoxy) is 1. The Labute approximate surface area is 185 Å². The number of hydrogen-bond donors (Lipinski definition) is 0. The molecule has 1 aliphatic carbocycles. The Morgan fingerprint density at radius 1 is 1.03 bits per heavy atom. The van der Waals surface area contributed by atoms with Gasteiger partial charge in [0.1, 0.15) is 0 Å². The van der Waals surface area contributed by atoms with Crippen molar-refractivity contribution >= 4 is 10.1 Å². The van der Waals surface area contributed by atoms with Crippen LogP contribution in [0.25, 0.3) is 0 Å². The number of fused-ring (bicyclic) bond motifs is 3. The fraction of sp³-hybridized carbons (Fsp3) is 0.480. The van der Waals surface area contributed by atoms with Crippen molar-refractivity contribution in [2.45, 2.75) is 62.4 Å². The number of aryl methyl sites for hydroxylation is 1. The smallest absolute Gasteiger partial charge is 0.296 e. The molecule has 0 atom stereocenters. The first-order valence-electron chi connectivity index (χ1n) is 10.7. The van der Waals surface area contributed by atoms with Crippen molar-refractivity contribution in [2.24, 2.45) is 5.41 Å². The summed E-state index contributed by atoms with van der Waals surface area (Å²) in [5.41, 5.74) is 2.02. The third-order valence-corrected chi connectivity index (χ3v) is 8.29. The summed E-state index contributed by atoms with van der Waals surface area (Å²) in [6.07, 6.45) is 3.40. The van der Waals surface area contributed by atoms with Crippen molar-refractivity contribution in [3.63, 3.8) is 0 Å². The maximum atomic E-state index is 12.6. The number of nitrogens with zero attached hydrogens (tertiary/aromatic N) is 1. The molecule has 0 unspecified atom stereocenters. The van der Waals surface area contributed by atoms with Crippen molar-refractivity contribution in [1.29, 1.82) is 5.26 Å². The quantitative estimate of drug-likeness (QED) is 0.593. The molecule has 5 nitrogen and oxygen atoms in total. The lowest BCUT2D eigenvalue weighted by atomic mass is 9.64. The highest BCUT2D eigenvalue weighted by atomic mass is 32.2. The first-order valence-corrected chi connectivity index (χ1v) is 12.1. The van der Waals surface area contributed by atoms with Crippen LogP contribution >= 0.6 is 0 Å². The van der Waals surface area contributed by atoms with Gasteiger partial charge in [-0.15, -0.1) is 0 Å². The van der Waals surface area contributed by atoms with E-state index in [4.69, 9.17) is 8.92 Å². The van der Waals surface area contributed by atoms with E-state index in [1.807, 2.05) is 32.9 Å². The number of hydrogen-bond acceptors (Lipinski definition) is 5. The second kappa shape index (κ2) is 7.74. The molecule has 2 aromatic carbocycles. The molecule has 0 aromatic heterocycles. The lowest BCUT2D eigenvalue weighted by molar-refractivity contribution is -0.197. The highest BCUT2D eigenvalue weighted by Gasteiger charge is 2.51. The maximum Gasteiger partial charge on any atom is 0.296 e. The van der Waals surface area contributed by atoms with Crippen LogP contribution in [-0.4, -0.2) is 21.6 Å². The average Bonchev–Trinajstić information content (AvgIpc) is 2.79. The van der Waals surface area contributed by atoms with Crippen molar-refractivity contribution in [3.05, 3.63) is 65.2 Å². The molecule has 0 radical (unpaired) electrons. The van der Waals surface area contributed by atoms with Crippen molar-refractivity contribution in [3.8, 4) is 6.07 Å². The largest absolute Gasteiger partial charge is 0.370 e. The Bertz CT molecular complexity index is 1070. The summed E-state index contributed by atoms with van der Waals surface area (Å²) in [4.78, 5) is 0.191. The normalized spacial score (nSPS) is 25.9. The van der Waals surface area contributed by atoms with Crippen LogP contribution < -0.4 is 0 Å². The highest BCUT2D eigenvalue weighted by Crippen LogP contribution is 2.54. The van der Waals surface area contributed by atoms with Crippen LogP contribution in [0.4, 0.5) is 0 Å². The van der Waals surface area contributed by atoms with Gasteiger partial charge in [0.15, 0.2) is 0 Å². The summed E-state index contributed by atoms with van der Waals surface area (Å²) in [6, 6.07) is 17.2. The van der Waals surface area contributed by atoms with Gasteiger partial charge >= 0.3 is 0 Å². The monoisotopic (exact) mass is 439 g/mol. The predicted octanol–water partition coefficient (Wildman–Crippen LogP) is 4.99. The number of benzene rings is 2. The highest BCUT2D eigenvalue weighted by molar-refractivity contribution is 7.86. The first-order chi connectivity index (χ1) is 14.6. The minimum absolute atomic E-state index is 0.147. The predicted molar refractivity (Wildman–Crippen MR) is 118 cm³/mol. The number of rotatable bonds is 6. The van der Waals surface area contributed by atoms with Crippen LogP contribution in [0.2, 0.25) is 0 Å². The lowest BCUT2D eigenvalue weighted by Gasteiger charge is -2.53.